The third-order valence-corrected chi connectivity index (χ3v) is 3.86. The third kappa shape index (κ3) is 5.11. The average molecular weight is 270 g/mol. The van der Waals surface area contributed by atoms with E-state index in [1.165, 1.54) is 0 Å². The van der Waals surface area contributed by atoms with Gasteiger partial charge in [0.1, 0.15) is 0 Å². The summed E-state index contributed by atoms with van der Waals surface area (Å²) in [7, 11) is 0. The van der Waals surface area contributed by atoms with Gasteiger partial charge in [-0.1, -0.05) is 33.6 Å². The first kappa shape index (κ1) is 16.4. The zero-order chi connectivity index (χ0) is 14.5. The molecule has 19 heavy (non-hydrogen) atoms. The van der Waals surface area contributed by atoms with Crippen molar-refractivity contribution in [2.75, 3.05) is 19.7 Å². The van der Waals surface area contributed by atoms with Gasteiger partial charge in [-0.2, -0.15) is 0 Å². The second-order valence-electron chi connectivity index (χ2n) is 6.91. The lowest BCUT2D eigenvalue weighted by Crippen LogP contribution is -2.47. The van der Waals surface area contributed by atoms with Crippen LogP contribution >= 0.6 is 0 Å². The number of aliphatic hydroxyl groups is 1. The van der Waals surface area contributed by atoms with Crippen molar-refractivity contribution in [3.63, 3.8) is 0 Å². The molecule has 4 heteroatoms. The number of rotatable bonds is 4. The molecule has 1 aliphatic heterocycles. The smallest absolute Gasteiger partial charge is 0.227 e. The normalized spacial score (nSPS) is 23.0. The van der Waals surface area contributed by atoms with E-state index in [1.54, 1.807) is 0 Å². The monoisotopic (exact) mass is 270 g/mol. The van der Waals surface area contributed by atoms with E-state index in [0.717, 1.165) is 38.6 Å². The maximum Gasteiger partial charge on any atom is 0.227 e. The molecule has 0 saturated carbocycles. The van der Waals surface area contributed by atoms with E-state index in [0.29, 0.717) is 6.54 Å². The second kappa shape index (κ2) is 7.25. The summed E-state index contributed by atoms with van der Waals surface area (Å²) in [6.45, 7) is 7.63. The van der Waals surface area contributed by atoms with Crippen LogP contribution in [-0.2, 0) is 4.79 Å². The highest BCUT2D eigenvalue weighted by Gasteiger charge is 2.31. The van der Waals surface area contributed by atoms with E-state index >= 15 is 0 Å². The van der Waals surface area contributed by atoms with E-state index < -0.39 is 0 Å². The predicted octanol–water partition coefficient (Wildman–Crippen LogP) is 1.76. The Kier molecular flexibility index (Phi) is 6.27. The first-order chi connectivity index (χ1) is 8.89. The van der Waals surface area contributed by atoms with Gasteiger partial charge in [-0.25, -0.2) is 0 Å². The highest BCUT2D eigenvalue weighted by atomic mass is 16.3. The SMILES string of the molecule is CC(C)(C)CC(CN)C(=O)N1CCCCCC1CO. The molecule has 2 unspecified atom stereocenters. The van der Waals surface area contributed by atoms with Crippen LogP contribution in [0.5, 0.6) is 0 Å². The van der Waals surface area contributed by atoms with Crippen LogP contribution in [-0.4, -0.2) is 41.7 Å². The van der Waals surface area contributed by atoms with Gasteiger partial charge < -0.3 is 15.7 Å². The molecule has 0 spiro atoms. The molecular formula is C15H30N2O2. The number of hydrogen-bond acceptors (Lipinski definition) is 3. The van der Waals surface area contributed by atoms with E-state index in [1.807, 2.05) is 4.90 Å². The fourth-order valence-electron chi connectivity index (χ4n) is 2.90. The molecule has 1 saturated heterocycles. The van der Waals surface area contributed by atoms with E-state index in [2.05, 4.69) is 20.8 Å². The van der Waals surface area contributed by atoms with Gasteiger partial charge in [0.2, 0.25) is 5.91 Å². The molecule has 0 aromatic carbocycles. The van der Waals surface area contributed by atoms with Gasteiger partial charge in [-0.3, -0.25) is 4.79 Å². The number of carbonyl (C=O) groups is 1. The second-order valence-corrected chi connectivity index (χ2v) is 6.91. The van der Waals surface area contributed by atoms with Gasteiger partial charge in [-0.15, -0.1) is 0 Å². The molecular weight excluding hydrogens is 240 g/mol. The van der Waals surface area contributed by atoms with Gasteiger partial charge in [0.15, 0.2) is 0 Å². The summed E-state index contributed by atoms with van der Waals surface area (Å²) in [4.78, 5) is 14.5. The number of nitrogens with zero attached hydrogens (tertiary/aromatic N) is 1. The molecule has 0 aliphatic carbocycles. The number of amides is 1. The van der Waals surface area contributed by atoms with Crippen molar-refractivity contribution in [3.05, 3.63) is 0 Å². The van der Waals surface area contributed by atoms with Crippen LogP contribution in [0.3, 0.4) is 0 Å². The topological polar surface area (TPSA) is 66.6 Å². The quantitative estimate of drug-likeness (QED) is 0.818. The Balaban J connectivity index is 2.75. The predicted molar refractivity (Wildman–Crippen MR) is 77.7 cm³/mol. The number of carbonyl (C=O) groups excluding carboxylic acids is 1. The highest BCUT2D eigenvalue weighted by molar-refractivity contribution is 5.79. The van der Waals surface area contributed by atoms with Crippen molar-refractivity contribution in [1.29, 1.82) is 0 Å². The van der Waals surface area contributed by atoms with Crippen LogP contribution in [0.25, 0.3) is 0 Å². The Labute approximate surface area is 117 Å². The highest BCUT2D eigenvalue weighted by Crippen LogP contribution is 2.27. The summed E-state index contributed by atoms with van der Waals surface area (Å²) in [5.41, 5.74) is 5.90. The van der Waals surface area contributed by atoms with Gasteiger partial charge in [0.25, 0.3) is 0 Å². The zero-order valence-corrected chi connectivity index (χ0v) is 12.7. The molecule has 1 aliphatic rings. The summed E-state index contributed by atoms with van der Waals surface area (Å²) in [6, 6.07) is -0.0102. The lowest BCUT2D eigenvalue weighted by molar-refractivity contribution is -0.139. The van der Waals surface area contributed by atoms with Gasteiger partial charge in [0.05, 0.1) is 18.6 Å². The molecule has 3 N–H and O–H groups in total. The van der Waals surface area contributed by atoms with Gasteiger partial charge >= 0.3 is 0 Å². The first-order valence-corrected chi connectivity index (χ1v) is 7.50. The van der Waals surface area contributed by atoms with E-state index in [9.17, 15) is 9.90 Å². The van der Waals surface area contributed by atoms with Crippen LogP contribution in [0.1, 0.15) is 52.9 Å². The maximum absolute atomic E-state index is 12.7. The minimum atomic E-state index is -0.118. The van der Waals surface area contributed by atoms with Crippen molar-refractivity contribution in [1.82, 2.24) is 4.90 Å². The lowest BCUT2D eigenvalue weighted by Gasteiger charge is -2.34. The molecule has 0 aromatic heterocycles. The molecule has 4 nitrogen and oxygen atoms in total. The Hall–Kier alpha value is -0.610. The fraction of sp³-hybridized carbons (Fsp3) is 0.933. The Morgan fingerprint density at radius 1 is 1.37 bits per heavy atom. The van der Waals surface area contributed by atoms with Crippen molar-refractivity contribution >= 4 is 5.91 Å². The summed E-state index contributed by atoms with van der Waals surface area (Å²) >= 11 is 0. The first-order valence-electron chi connectivity index (χ1n) is 7.50. The maximum atomic E-state index is 12.7. The minimum absolute atomic E-state index is 0.0102. The number of hydrogen-bond donors (Lipinski definition) is 2. The van der Waals surface area contributed by atoms with E-state index in [-0.39, 0.29) is 29.9 Å². The third-order valence-electron chi connectivity index (χ3n) is 3.86. The molecule has 1 heterocycles. The lowest BCUT2D eigenvalue weighted by atomic mass is 9.84. The number of likely N-dealkylation sites (tertiary alicyclic amines) is 1. The van der Waals surface area contributed by atoms with Crippen molar-refractivity contribution < 1.29 is 9.90 Å². The molecule has 0 aromatic rings. The summed E-state index contributed by atoms with van der Waals surface area (Å²) in [5.74, 6) is 0.0190. The zero-order valence-electron chi connectivity index (χ0n) is 12.7. The van der Waals surface area contributed by atoms with Crippen molar-refractivity contribution in [2.24, 2.45) is 17.1 Å². The van der Waals surface area contributed by atoms with Gasteiger partial charge in [0, 0.05) is 13.1 Å². The molecule has 2 atom stereocenters. The Morgan fingerprint density at radius 3 is 2.58 bits per heavy atom. The number of nitrogens with two attached hydrogens (primary N) is 1. The minimum Gasteiger partial charge on any atom is -0.394 e. The molecule has 1 fully saturated rings. The largest absolute Gasteiger partial charge is 0.394 e. The van der Waals surface area contributed by atoms with Crippen LogP contribution in [0.15, 0.2) is 0 Å². The Morgan fingerprint density at radius 2 is 2.05 bits per heavy atom. The molecule has 0 radical (unpaired) electrons. The van der Waals surface area contributed by atoms with Crippen LogP contribution in [0.2, 0.25) is 0 Å². The average Bonchev–Trinajstić information content (AvgIpc) is 2.58. The standard InChI is InChI=1S/C15H30N2O2/c1-15(2,3)9-12(10-16)14(19)17-8-6-4-5-7-13(17)11-18/h12-13,18H,4-11,16H2,1-3H3. The van der Waals surface area contributed by atoms with Crippen LogP contribution in [0, 0.1) is 11.3 Å². The summed E-state index contributed by atoms with van der Waals surface area (Å²) in [5, 5.41) is 9.50. The van der Waals surface area contributed by atoms with Crippen LogP contribution < -0.4 is 5.73 Å². The van der Waals surface area contributed by atoms with Crippen LogP contribution in [0.4, 0.5) is 0 Å². The van der Waals surface area contributed by atoms with Crippen molar-refractivity contribution in [2.45, 2.75) is 58.9 Å². The number of aliphatic hydroxyl groups excluding tert-OH is 1. The fourth-order valence-corrected chi connectivity index (χ4v) is 2.90. The molecule has 0 bridgehead atoms. The van der Waals surface area contributed by atoms with Gasteiger partial charge in [-0.05, 0) is 24.7 Å². The van der Waals surface area contributed by atoms with Crippen molar-refractivity contribution in [3.8, 4) is 0 Å². The molecule has 1 amide bonds. The van der Waals surface area contributed by atoms with E-state index in [4.69, 9.17) is 5.73 Å². The summed E-state index contributed by atoms with van der Waals surface area (Å²) in [6.07, 6.45) is 5.00. The molecule has 112 valence electrons. The Bertz CT molecular complexity index is 286. The molecule has 1 rings (SSSR count). The summed E-state index contributed by atoms with van der Waals surface area (Å²) < 4.78 is 0.